The van der Waals surface area contributed by atoms with Gasteiger partial charge in [-0.05, 0) is 31.0 Å². The number of carbonyl (C=O) groups excluding carboxylic acids is 1. The van der Waals surface area contributed by atoms with Gasteiger partial charge in [0.1, 0.15) is 6.04 Å². The molecule has 1 atom stereocenters. The van der Waals surface area contributed by atoms with Crippen molar-refractivity contribution in [2.24, 2.45) is 0 Å². The van der Waals surface area contributed by atoms with Crippen molar-refractivity contribution in [1.82, 2.24) is 10.5 Å². The van der Waals surface area contributed by atoms with E-state index in [1.165, 1.54) is 5.23 Å². The lowest BCUT2D eigenvalue weighted by Crippen LogP contribution is -2.36. The van der Waals surface area contributed by atoms with Crippen molar-refractivity contribution in [2.45, 2.75) is 25.3 Å². The Balaban J connectivity index is 1.76. The predicted molar refractivity (Wildman–Crippen MR) is 44.4 cm³/mol. The molecule has 2 fully saturated rings. The fraction of sp³-hybridized carbons (Fsp3) is 0.875. The van der Waals surface area contributed by atoms with E-state index in [4.69, 9.17) is 9.68 Å². The van der Waals surface area contributed by atoms with Crippen LogP contribution in [-0.4, -0.2) is 36.9 Å². The van der Waals surface area contributed by atoms with Gasteiger partial charge in [-0.15, -0.1) is 0 Å². The van der Waals surface area contributed by atoms with E-state index >= 15 is 0 Å². The van der Waals surface area contributed by atoms with Crippen LogP contribution in [0.1, 0.15) is 19.3 Å². The number of nitrogens with zero attached hydrogens (tertiary/aromatic N) is 1. The smallest absolute Gasteiger partial charge is 0.341 e. The second-order valence-corrected chi connectivity index (χ2v) is 3.30. The Hall–Kier alpha value is -0.650. The van der Waals surface area contributed by atoms with Gasteiger partial charge in [0, 0.05) is 0 Å². The first-order chi connectivity index (χ1) is 6.36. The maximum Gasteiger partial charge on any atom is 0.344 e. The van der Waals surface area contributed by atoms with Gasteiger partial charge in [-0.1, -0.05) is 0 Å². The molecule has 0 radical (unpaired) electrons. The Bertz CT molecular complexity index is 186. The fourth-order valence-electron chi connectivity index (χ4n) is 1.55. The summed E-state index contributed by atoms with van der Waals surface area (Å²) in [6, 6.07) is -0.135. The van der Waals surface area contributed by atoms with Gasteiger partial charge in [0.15, 0.2) is 0 Å². The van der Waals surface area contributed by atoms with Crippen molar-refractivity contribution in [2.75, 3.05) is 19.7 Å². The summed E-state index contributed by atoms with van der Waals surface area (Å²) in [7, 11) is 0. The standard InChI is InChI=1S/C8H14N2O3/c11-8(7-3-1-4-9-7)13-10-5-2-6-12-10/h7,9H,1-6H2/t7-/m0/s1. The summed E-state index contributed by atoms with van der Waals surface area (Å²) in [4.78, 5) is 21.4. The molecule has 5 heteroatoms. The molecule has 1 N–H and O–H groups in total. The molecule has 0 aliphatic carbocycles. The van der Waals surface area contributed by atoms with E-state index < -0.39 is 0 Å². The summed E-state index contributed by atoms with van der Waals surface area (Å²) in [5.41, 5.74) is 0. The number of nitrogens with one attached hydrogen (secondary N) is 1. The number of hydrogen-bond donors (Lipinski definition) is 1. The maximum absolute atomic E-state index is 11.4. The Kier molecular flexibility index (Phi) is 2.77. The van der Waals surface area contributed by atoms with Gasteiger partial charge in [0.2, 0.25) is 0 Å². The van der Waals surface area contributed by atoms with Crippen molar-refractivity contribution in [1.29, 1.82) is 0 Å². The van der Waals surface area contributed by atoms with Gasteiger partial charge in [-0.2, -0.15) is 0 Å². The predicted octanol–water partition coefficient (Wildman–Crippen LogP) is -0.166. The summed E-state index contributed by atoms with van der Waals surface area (Å²) < 4.78 is 0. The van der Waals surface area contributed by atoms with Gasteiger partial charge in [0.25, 0.3) is 0 Å². The van der Waals surface area contributed by atoms with Crippen LogP contribution in [0.15, 0.2) is 0 Å². The Morgan fingerprint density at radius 3 is 3.08 bits per heavy atom. The van der Waals surface area contributed by atoms with Crippen molar-refractivity contribution < 1.29 is 14.5 Å². The van der Waals surface area contributed by atoms with Crippen LogP contribution in [0.25, 0.3) is 0 Å². The molecular formula is C8H14N2O3. The van der Waals surface area contributed by atoms with Crippen LogP contribution >= 0.6 is 0 Å². The second kappa shape index (κ2) is 4.04. The minimum atomic E-state index is -0.223. The molecule has 0 saturated carbocycles. The molecule has 74 valence electrons. The van der Waals surface area contributed by atoms with E-state index in [2.05, 4.69) is 5.32 Å². The van der Waals surface area contributed by atoms with E-state index in [1.807, 2.05) is 0 Å². The van der Waals surface area contributed by atoms with E-state index in [0.717, 1.165) is 25.8 Å². The minimum absolute atomic E-state index is 0.135. The van der Waals surface area contributed by atoms with Crippen LogP contribution in [0.2, 0.25) is 0 Å². The first-order valence-electron chi connectivity index (χ1n) is 4.72. The van der Waals surface area contributed by atoms with Gasteiger partial charge >= 0.3 is 5.97 Å². The number of hydroxylamine groups is 2. The third kappa shape index (κ3) is 2.18. The van der Waals surface area contributed by atoms with Crippen LogP contribution in [0.4, 0.5) is 0 Å². The fourth-order valence-corrected chi connectivity index (χ4v) is 1.55. The zero-order valence-corrected chi connectivity index (χ0v) is 7.49. The molecule has 5 nitrogen and oxygen atoms in total. The lowest BCUT2D eigenvalue weighted by atomic mass is 10.2. The molecule has 0 bridgehead atoms. The second-order valence-electron chi connectivity index (χ2n) is 3.30. The van der Waals surface area contributed by atoms with Crippen molar-refractivity contribution in [3.8, 4) is 0 Å². The zero-order valence-electron chi connectivity index (χ0n) is 7.49. The molecule has 0 spiro atoms. The number of rotatable bonds is 2. The Morgan fingerprint density at radius 2 is 2.46 bits per heavy atom. The molecule has 2 aliphatic heterocycles. The highest BCUT2D eigenvalue weighted by Crippen LogP contribution is 2.10. The summed E-state index contributed by atoms with van der Waals surface area (Å²) >= 11 is 0. The third-order valence-corrected chi connectivity index (χ3v) is 2.26. The summed E-state index contributed by atoms with van der Waals surface area (Å²) in [6.07, 6.45) is 2.83. The van der Waals surface area contributed by atoms with E-state index in [0.29, 0.717) is 13.2 Å². The average molecular weight is 186 g/mol. The van der Waals surface area contributed by atoms with Crippen molar-refractivity contribution >= 4 is 5.97 Å². The number of hydrogen-bond acceptors (Lipinski definition) is 5. The summed E-state index contributed by atoms with van der Waals surface area (Å²) in [6.45, 7) is 2.23. The Labute approximate surface area is 76.9 Å². The molecule has 2 saturated heterocycles. The van der Waals surface area contributed by atoms with E-state index in [1.54, 1.807) is 0 Å². The van der Waals surface area contributed by atoms with Crippen LogP contribution in [0.5, 0.6) is 0 Å². The van der Waals surface area contributed by atoms with Crippen LogP contribution < -0.4 is 5.32 Å². The summed E-state index contributed by atoms with van der Waals surface area (Å²) in [5.74, 6) is -0.223. The lowest BCUT2D eigenvalue weighted by molar-refractivity contribution is -0.319. The first-order valence-corrected chi connectivity index (χ1v) is 4.72. The summed E-state index contributed by atoms with van der Waals surface area (Å²) in [5, 5.41) is 4.35. The Morgan fingerprint density at radius 1 is 1.54 bits per heavy atom. The number of carbonyl (C=O) groups is 1. The highest BCUT2D eigenvalue weighted by atomic mass is 17.0. The maximum atomic E-state index is 11.4. The molecule has 0 unspecified atom stereocenters. The largest absolute Gasteiger partial charge is 0.344 e. The van der Waals surface area contributed by atoms with Crippen LogP contribution in [0.3, 0.4) is 0 Å². The van der Waals surface area contributed by atoms with Gasteiger partial charge in [-0.3, -0.25) is 4.84 Å². The zero-order chi connectivity index (χ0) is 9.10. The van der Waals surface area contributed by atoms with Gasteiger partial charge in [0.05, 0.1) is 13.2 Å². The molecular weight excluding hydrogens is 172 g/mol. The topological polar surface area (TPSA) is 50.8 Å². The van der Waals surface area contributed by atoms with E-state index in [9.17, 15) is 4.79 Å². The molecule has 13 heavy (non-hydrogen) atoms. The average Bonchev–Trinajstić information content (AvgIpc) is 2.74. The molecule has 0 aromatic carbocycles. The molecule has 2 rings (SSSR count). The monoisotopic (exact) mass is 186 g/mol. The molecule has 2 aliphatic rings. The van der Waals surface area contributed by atoms with E-state index in [-0.39, 0.29) is 12.0 Å². The van der Waals surface area contributed by atoms with Crippen LogP contribution in [-0.2, 0) is 14.5 Å². The lowest BCUT2D eigenvalue weighted by Gasteiger charge is -2.15. The molecule has 2 heterocycles. The quantitative estimate of drug-likeness (QED) is 0.649. The van der Waals surface area contributed by atoms with Crippen molar-refractivity contribution in [3.05, 3.63) is 0 Å². The van der Waals surface area contributed by atoms with Crippen molar-refractivity contribution in [3.63, 3.8) is 0 Å². The SMILES string of the molecule is O=C(ON1CCCO1)[C@@H]1CCCN1. The molecule has 0 aromatic heterocycles. The molecule has 0 aromatic rings. The van der Waals surface area contributed by atoms with Crippen LogP contribution in [0, 0.1) is 0 Å². The minimum Gasteiger partial charge on any atom is -0.341 e. The van der Waals surface area contributed by atoms with Gasteiger partial charge in [-0.25, -0.2) is 4.79 Å². The first kappa shape index (κ1) is 8.93. The molecule has 0 amide bonds. The highest BCUT2D eigenvalue weighted by Gasteiger charge is 2.27. The highest BCUT2D eigenvalue weighted by molar-refractivity contribution is 5.75. The third-order valence-electron chi connectivity index (χ3n) is 2.26. The normalized spacial score (nSPS) is 29.4. The van der Waals surface area contributed by atoms with Gasteiger partial charge < -0.3 is 10.2 Å².